The van der Waals surface area contributed by atoms with Crippen molar-refractivity contribution in [1.82, 2.24) is 0 Å². The molecule has 0 aromatic carbocycles. The monoisotopic (exact) mass is 372 g/mol. The molecule has 0 aromatic heterocycles. The van der Waals surface area contributed by atoms with E-state index in [4.69, 9.17) is 40.9 Å². The highest BCUT2D eigenvalue weighted by Crippen LogP contribution is 2.05. The van der Waals surface area contributed by atoms with E-state index in [-0.39, 0.29) is 20.3 Å². The first-order valence-electron chi connectivity index (χ1n) is 6.53. The second-order valence-electron chi connectivity index (χ2n) is 4.54. The van der Waals surface area contributed by atoms with Gasteiger partial charge in [-0.15, -0.1) is 0 Å². The molecule has 148 valence electrons. The molecule has 0 amide bonds. The van der Waals surface area contributed by atoms with Crippen LogP contribution in [0.4, 0.5) is 0 Å². The van der Waals surface area contributed by atoms with E-state index in [0.29, 0.717) is 12.8 Å². The van der Waals surface area contributed by atoms with Crippen LogP contribution in [0, 0.1) is 0 Å². The van der Waals surface area contributed by atoms with Crippen molar-refractivity contribution >= 4 is 23.9 Å². The molecule has 0 radical (unpaired) electrons. The molecule has 0 fully saturated rings. The topological polar surface area (TPSA) is 230 Å². The van der Waals surface area contributed by atoms with Crippen LogP contribution in [0.5, 0.6) is 0 Å². The Kier molecular flexibility index (Phi) is 15.5. The van der Waals surface area contributed by atoms with Crippen LogP contribution < -0.4 is 0 Å². The van der Waals surface area contributed by atoms with Crippen molar-refractivity contribution in [3.8, 4) is 0 Å². The fraction of sp³-hybridized carbons (Fsp3) is 0.692. The summed E-state index contributed by atoms with van der Waals surface area (Å²) in [6.07, 6.45) is -8.26. The summed E-state index contributed by atoms with van der Waals surface area (Å²) in [6.45, 7) is 0. The molecule has 0 aliphatic heterocycles. The molecule has 0 heterocycles. The zero-order chi connectivity index (χ0) is 19.4. The highest BCUT2D eigenvalue weighted by molar-refractivity contribution is 5.75. The van der Waals surface area contributed by atoms with E-state index < -0.39 is 48.3 Å². The summed E-state index contributed by atoms with van der Waals surface area (Å²) < 4.78 is 0. The number of hydrogen-bond donors (Lipinski definition) is 8. The fourth-order valence-electron chi connectivity index (χ4n) is 1.22. The molecular formula is C13H24O12. The van der Waals surface area contributed by atoms with E-state index >= 15 is 0 Å². The van der Waals surface area contributed by atoms with E-state index in [0.717, 1.165) is 0 Å². The van der Waals surface area contributed by atoms with Gasteiger partial charge < -0.3 is 40.9 Å². The minimum atomic E-state index is -2.36. The quantitative estimate of drug-likeness (QED) is 0.194. The normalized spacial score (nSPS) is 14.6. The summed E-state index contributed by atoms with van der Waals surface area (Å²) >= 11 is 0. The Morgan fingerprint density at radius 1 is 0.600 bits per heavy atom. The van der Waals surface area contributed by atoms with Crippen molar-refractivity contribution in [1.29, 1.82) is 0 Å². The van der Waals surface area contributed by atoms with Crippen LogP contribution in [-0.4, -0.2) is 89.1 Å². The zero-order valence-corrected chi connectivity index (χ0v) is 12.3. The summed E-state index contributed by atoms with van der Waals surface area (Å²) in [5.41, 5.74) is 0. The number of rotatable bonds is 10. The summed E-state index contributed by atoms with van der Waals surface area (Å²) in [7, 11) is 0. The summed E-state index contributed by atoms with van der Waals surface area (Å²) in [5.74, 6) is -5.42. The van der Waals surface area contributed by atoms with E-state index in [1.165, 1.54) is 0 Å². The third-order valence-electron chi connectivity index (χ3n) is 2.53. The van der Waals surface area contributed by atoms with Gasteiger partial charge in [0.25, 0.3) is 0 Å². The molecule has 0 aliphatic carbocycles. The molecule has 12 heteroatoms. The zero-order valence-electron chi connectivity index (χ0n) is 12.3. The number of aliphatic carboxylic acids is 4. The van der Waals surface area contributed by atoms with Gasteiger partial charge in [0.05, 0.1) is 0 Å². The number of aliphatic hydroxyl groups is 4. The number of unbranched alkanes of at least 4 members (excludes halogenated alkanes) is 1. The molecule has 0 aromatic rings. The number of carboxylic acid groups (broad SMARTS) is 4. The van der Waals surface area contributed by atoms with E-state index in [1.807, 2.05) is 0 Å². The molecule has 0 saturated heterocycles. The van der Waals surface area contributed by atoms with Crippen LogP contribution in [-0.2, 0) is 19.2 Å². The van der Waals surface area contributed by atoms with Gasteiger partial charge in [0.2, 0.25) is 0 Å². The third-order valence-corrected chi connectivity index (χ3v) is 2.53. The van der Waals surface area contributed by atoms with Crippen molar-refractivity contribution < 1.29 is 60.0 Å². The molecule has 4 atom stereocenters. The average molecular weight is 372 g/mol. The smallest absolute Gasteiger partial charge is 0.335 e. The maximum Gasteiger partial charge on any atom is 0.335 e. The molecule has 0 spiro atoms. The first kappa shape index (κ1) is 27.6. The van der Waals surface area contributed by atoms with Gasteiger partial charge in [-0.2, -0.15) is 0 Å². The molecule has 4 unspecified atom stereocenters. The average Bonchev–Trinajstić information content (AvgIpc) is 2.48. The van der Waals surface area contributed by atoms with Gasteiger partial charge in [-0.25, -0.2) is 9.59 Å². The van der Waals surface area contributed by atoms with Crippen molar-refractivity contribution in [2.24, 2.45) is 0 Å². The van der Waals surface area contributed by atoms with E-state index in [1.54, 1.807) is 0 Å². The number of carbonyl (C=O) groups is 4. The second-order valence-corrected chi connectivity index (χ2v) is 4.54. The van der Waals surface area contributed by atoms with Crippen LogP contribution in [0.3, 0.4) is 0 Å². The molecule has 12 nitrogen and oxygen atoms in total. The fourth-order valence-corrected chi connectivity index (χ4v) is 1.22. The minimum Gasteiger partial charge on any atom is -0.481 e. The van der Waals surface area contributed by atoms with Gasteiger partial charge in [-0.1, -0.05) is 7.43 Å². The lowest BCUT2D eigenvalue weighted by molar-refractivity contribution is -0.172. The molecule has 0 saturated carbocycles. The second kappa shape index (κ2) is 14.1. The van der Waals surface area contributed by atoms with Gasteiger partial charge in [0.15, 0.2) is 12.2 Å². The predicted molar refractivity (Wildman–Crippen MR) is 79.8 cm³/mol. The van der Waals surface area contributed by atoms with E-state index in [2.05, 4.69) is 0 Å². The molecule has 0 rings (SSSR count). The lowest BCUT2D eigenvalue weighted by atomic mass is 10.0. The van der Waals surface area contributed by atoms with Crippen LogP contribution in [0.2, 0.25) is 0 Å². The maximum atomic E-state index is 10.1. The summed E-state index contributed by atoms with van der Waals surface area (Å²) in [5, 5.41) is 67.7. The Labute approximate surface area is 142 Å². The van der Waals surface area contributed by atoms with Gasteiger partial charge >= 0.3 is 23.9 Å². The first-order valence-corrected chi connectivity index (χ1v) is 6.53. The Balaban J connectivity index is -0.000000392. The Morgan fingerprint density at radius 3 is 1.00 bits per heavy atom. The first-order chi connectivity index (χ1) is 10.9. The Bertz CT molecular complexity index is 395. The van der Waals surface area contributed by atoms with Crippen molar-refractivity contribution in [2.75, 3.05) is 0 Å². The van der Waals surface area contributed by atoms with Gasteiger partial charge in [0.1, 0.15) is 12.2 Å². The maximum absolute atomic E-state index is 10.1. The molecule has 0 bridgehead atoms. The number of hydrogen-bond acceptors (Lipinski definition) is 8. The lowest BCUT2D eigenvalue weighted by Gasteiger charge is -2.21. The Morgan fingerprint density at radius 2 is 0.840 bits per heavy atom. The third kappa shape index (κ3) is 13.8. The highest BCUT2D eigenvalue weighted by atomic mass is 16.4. The van der Waals surface area contributed by atoms with Crippen LogP contribution >= 0.6 is 0 Å². The molecule has 0 aliphatic rings. The highest BCUT2D eigenvalue weighted by Gasteiger charge is 2.37. The van der Waals surface area contributed by atoms with E-state index in [9.17, 15) is 19.2 Å². The van der Waals surface area contributed by atoms with Crippen molar-refractivity contribution in [3.63, 3.8) is 0 Å². The predicted octanol–water partition coefficient (Wildman–Crippen LogP) is -2.05. The largest absolute Gasteiger partial charge is 0.481 e. The molecule has 25 heavy (non-hydrogen) atoms. The number of aliphatic hydroxyl groups excluding tert-OH is 4. The standard InChI is InChI=1S/C6H10O8.C6H10O4.CH4/c7-1(3(9)5(11)12)2(8)4(10)6(13)14;7-5(8)3-1-2-4-6(9)10;/h1-4,7-10H,(H,11,12)(H,13,14);1-4H2,(H,7,8)(H,9,10);1H4. The molecular weight excluding hydrogens is 348 g/mol. The van der Waals surface area contributed by atoms with Crippen molar-refractivity contribution in [3.05, 3.63) is 0 Å². The number of carboxylic acids is 4. The van der Waals surface area contributed by atoms with Crippen LogP contribution in [0.25, 0.3) is 0 Å². The van der Waals surface area contributed by atoms with Crippen LogP contribution in [0.15, 0.2) is 0 Å². The SMILES string of the molecule is C.O=C(O)C(O)C(O)C(O)C(O)C(=O)O.O=C(O)CCCCC(=O)O. The summed E-state index contributed by atoms with van der Waals surface area (Å²) in [4.78, 5) is 40.0. The minimum absolute atomic E-state index is 0. The van der Waals surface area contributed by atoms with Crippen molar-refractivity contribution in [2.45, 2.75) is 57.5 Å². The van der Waals surface area contributed by atoms with Crippen LogP contribution in [0.1, 0.15) is 33.1 Å². The molecule has 8 N–H and O–H groups in total. The van der Waals surface area contributed by atoms with Gasteiger partial charge in [0, 0.05) is 12.8 Å². The Hall–Kier alpha value is -2.28. The van der Waals surface area contributed by atoms with Gasteiger partial charge in [-0.05, 0) is 12.8 Å². The summed E-state index contributed by atoms with van der Waals surface area (Å²) in [6, 6.07) is 0. The lowest BCUT2D eigenvalue weighted by Crippen LogP contribution is -2.49. The van der Waals surface area contributed by atoms with Gasteiger partial charge in [-0.3, -0.25) is 9.59 Å².